The topological polar surface area (TPSA) is 81.0 Å². The highest BCUT2D eigenvalue weighted by Crippen LogP contribution is 2.26. The third-order valence-electron chi connectivity index (χ3n) is 6.52. The molecule has 0 aliphatic rings. The highest BCUT2D eigenvalue weighted by atomic mass is 19.1. The maximum absolute atomic E-state index is 13.6. The summed E-state index contributed by atoms with van der Waals surface area (Å²) in [6.07, 6.45) is 3.39. The molecule has 192 valence electrons. The van der Waals surface area contributed by atoms with E-state index in [4.69, 9.17) is 0 Å². The first-order valence-electron chi connectivity index (χ1n) is 12.0. The van der Waals surface area contributed by atoms with Crippen molar-refractivity contribution in [2.75, 3.05) is 12.4 Å². The molecule has 0 radical (unpaired) electrons. The number of rotatable bonds is 7. The Kier molecular flexibility index (Phi) is 6.85. The van der Waals surface area contributed by atoms with Gasteiger partial charge in [-0.05, 0) is 80.2 Å². The molecular formula is C29H25F2N5O2. The van der Waals surface area contributed by atoms with Crippen molar-refractivity contribution in [2.45, 2.75) is 19.5 Å². The van der Waals surface area contributed by atoms with Gasteiger partial charge in [0.25, 0.3) is 5.56 Å². The van der Waals surface area contributed by atoms with Gasteiger partial charge in [0.05, 0.1) is 30.0 Å². The van der Waals surface area contributed by atoms with Gasteiger partial charge in [-0.25, -0.2) is 13.8 Å². The quantitative estimate of drug-likeness (QED) is 0.330. The van der Waals surface area contributed by atoms with Crippen molar-refractivity contribution in [3.63, 3.8) is 0 Å². The van der Waals surface area contributed by atoms with Crippen LogP contribution in [0.15, 0.2) is 90.0 Å². The van der Waals surface area contributed by atoms with Gasteiger partial charge in [0.15, 0.2) is 5.82 Å². The maximum Gasteiger partial charge on any atom is 0.294 e. The van der Waals surface area contributed by atoms with Crippen molar-refractivity contribution in [2.24, 2.45) is 0 Å². The molecule has 0 spiro atoms. The van der Waals surface area contributed by atoms with E-state index in [0.29, 0.717) is 11.3 Å². The Balaban J connectivity index is 1.61. The minimum atomic E-state index is -0.526. The van der Waals surface area contributed by atoms with Crippen LogP contribution in [0.25, 0.3) is 27.8 Å². The van der Waals surface area contributed by atoms with Crippen LogP contribution < -0.4 is 16.2 Å². The standard InChI is InChI=1S/C29H25F2N5O2/c1-18(32-2)28(37)34-27-29(38)36(26(16-33-27)19-6-8-21(30)9-7-19)17-20-4-3-5-25-24(20)14-15-35(25)23-12-10-22(31)11-13-23/h3-16,18,32H,17H2,1-2H3,(H,33,34,37)/t18-/m0/s1. The lowest BCUT2D eigenvalue weighted by Crippen LogP contribution is -2.38. The second-order valence-electron chi connectivity index (χ2n) is 8.90. The number of carbonyl (C=O) groups excluding carboxylic acids is 1. The van der Waals surface area contributed by atoms with Crippen LogP contribution in [0.4, 0.5) is 14.6 Å². The average molecular weight is 514 g/mol. The molecule has 5 aromatic rings. The van der Waals surface area contributed by atoms with Crippen LogP contribution in [0, 0.1) is 11.6 Å². The van der Waals surface area contributed by atoms with E-state index in [-0.39, 0.29) is 18.2 Å². The summed E-state index contributed by atoms with van der Waals surface area (Å²) in [5.41, 5.74) is 3.13. The molecule has 5 rings (SSSR count). The van der Waals surface area contributed by atoms with E-state index >= 15 is 0 Å². The number of hydrogen-bond acceptors (Lipinski definition) is 4. The molecule has 2 aromatic heterocycles. The van der Waals surface area contributed by atoms with E-state index in [0.717, 1.165) is 22.2 Å². The first-order chi connectivity index (χ1) is 18.4. The zero-order valence-corrected chi connectivity index (χ0v) is 20.8. The SMILES string of the molecule is CN[C@@H](C)C(=O)Nc1ncc(-c2ccc(F)cc2)n(Cc2cccc3c2ccn3-c2ccc(F)cc2)c1=O. The van der Waals surface area contributed by atoms with Gasteiger partial charge in [-0.1, -0.05) is 12.1 Å². The largest absolute Gasteiger partial charge is 0.317 e. The van der Waals surface area contributed by atoms with Crippen LogP contribution in [0.2, 0.25) is 0 Å². The Hall–Kier alpha value is -4.63. The molecule has 3 aromatic carbocycles. The number of halogens is 2. The molecule has 38 heavy (non-hydrogen) atoms. The fraction of sp³-hybridized carbons (Fsp3) is 0.138. The number of hydrogen-bond donors (Lipinski definition) is 2. The van der Waals surface area contributed by atoms with Gasteiger partial charge < -0.3 is 15.2 Å². The Labute approximate surface area is 217 Å². The van der Waals surface area contributed by atoms with Gasteiger partial charge in [-0.3, -0.25) is 14.2 Å². The molecule has 2 N–H and O–H groups in total. The van der Waals surface area contributed by atoms with Crippen molar-refractivity contribution in [1.82, 2.24) is 19.4 Å². The molecular weight excluding hydrogens is 488 g/mol. The molecule has 0 aliphatic heterocycles. The zero-order valence-electron chi connectivity index (χ0n) is 20.8. The molecule has 1 atom stereocenters. The summed E-state index contributed by atoms with van der Waals surface area (Å²) in [6, 6.07) is 19.2. The van der Waals surface area contributed by atoms with Crippen LogP contribution in [0.1, 0.15) is 12.5 Å². The fourth-order valence-electron chi connectivity index (χ4n) is 4.30. The molecule has 0 bridgehead atoms. The second kappa shape index (κ2) is 10.4. The number of aromatic nitrogens is 3. The third-order valence-corrected chi connectivity index (χ3v) is 6.52. The summed E-state index contributed by atoms with van der Waals surface area (Å²) < 4.78 is 30.6. The summed E-state index contributed by atoms with van der Waals surface area (Å²) in [4.78, 5) is 30.3. The molecule has 0 saturated heterocycles. The number of likely N-dealkylation sites (N-methyl/N-ethyl adjacent to an activating group) is 1. The average Bonchev–Trinajstić information content (AvgIpc) is 3.36. The lowest BCUT2D eigenvalue weighted by atomic mass is 10.1. The summed E-state index contributed by atoms with van der Waals surface area (Å²) in [7, 11) is 1.65. The Morgan fingerprint density at radius 2 is 1.66 bits per heavy atom. The van der Waals surface area contributed by atoms with Gasteiger partial charge in [0, 0.05) is 22.8 Å². The van der Waals surface area contributed by atoms with Crippen LogP contribution >= 0.6 is 0 Å². The first-order valence-corrected chi connectivity index (χ1v) is 12.0. The number of anilines is 1. The van der Waals surface area contributed by atoms with Crippen LogP contribution in [-0.2, 0) is 11.3 Å². The molecule has 0 saturated carbocycles. The van der Waals surface area contributed by atoms with E-state index in [2.05, 4.69) is 15.6 Å². The van der Waals surface area contributed by atoms with Crippen molar-refractivity contribution in [3.8, 4) is 16.9 Å². The Morgan fingerprint density at radius 1 is 0.974 bits per heavy atom. The maximum atomic E-state index is 13.6. The molecule has 0 aliphatic carbocycles. The monoisotopic (exact) mass is 513 g/mol. The molecule has 9 heteroatoms. The van der Waals surface area contributed by atoms with E-state index in [1.54, 1.807) is 38.2 Å². The summed E-state index contributed by atoms with van der Waals surface area (Å²) in [5.74, 6) is -1.20. The van der Waals surface area contributed by atoms with Gasteiger partial charge in [0.1, 0.15) is 11.6 Å². The second-order valence-corrected chi connectivity index (χ2v) is 8.90. The number of nitrogens with zero attached hydrogens (tertiary/aromatic N) is 3. The molecule has 1 amide bonds. The summed E-state index contributed by atoms with van der Waals surface area (Å²) >= 11 is 0. The number of carbonyl (C=O) groups is 1. The number of fused-ring (bicyclic) bond motifs is 1. The van der Waals surface area contributed by atoms with Crippen molar-refractivity contribution >= 4 is 22.6 Å². The summed E-state index contributed by atoms with van der Waals surface area (Å²) in [5, 5.41) is 6.34. The summed E-state index contributed by atoms with van der Waals surface area (Å²) in [6.45, 7) is 1.84. The number of nitrogens with one attached hydrogen (secondary N) is 2. The van der Waals surface area contributed by atoms with E-state index in [9.17, 15) is 18.4 Å². The van der Waals surface area contributed by atoms with Crippen molar-refractivity contribution in [3.05, 3.63) is 113 Å². The normalized spacial score (nSPS) is 12.0. The highest BCUT2D eigenvalue weighted by Gasteiger charge is 2.18. The molecule has 2 heterocycles. The van der Waals surface area contributed by atoms with Gasteiger partial charge in [-0.2, -0.15) is 0 Å². The van der Waals surface area contributed by atoms with Crippen LogP contribution in [-0.4, -0.2) is 33.1 Å². The van der Waals surface area contributed by atoms with Crippen LogP contribution in [0.5, 0.6) is 0 Å². The zero-order chi connectivity index (χ0) is 26.8. The number of amides is 1. The van der Waals surface area contributed by atoms with Crippen molar-refractivity contribution in [1.29, 1.82) is 0 Å². The van der Waals surface area contributed by atoms with Gasteiger partial charge in [-0.15, -0.1) is 0 Å². The first kappa shape index (κ1) is 25.0. The highest BCUT2D eigenvalue weighted by molar-refractivity contribution is 5.93. The van der Waals surface area contributed by atoms with E-state index in [1.165, 1.54) is 35.0 Å². The van der Waals surface area contributed by atoms with Crippen molar-refractivity contribution < 1.29 is 13.6 Å². The minimum Gasteiger partial charge on any atom is -0.317 e. The molecule has 0 fully saturated rings. The number of benzene rings is 3. The Bertz CT molecular complexity index is 1670. The Morgan fingerprint density at radius 3 is 2.34 bits per heavy atom. The lowest BCUT2D eigenvalue weighted by Gasteiger charge is -2.16. The van der Waals surface area contributed by atoms with Crippen LogP contribution in [0.3, 0.4) is 0 Å². The van der Waals surface area contributed by atoms with Gasteiger partial charge in [0.2, 0.25) is 5.91 Å². The van der Waals surface area contributed by atoms with Gasteiger partial charge >= 0.3 is 0 Å². The third kappa shape index (κ3) is 4.83. The van der Waals surface area contributed by atoms with E-state index < -0.39 is 23.3 Å². The lowest BCUT2D eigenvalue weighted by molar-refractivity contribution is -0.117. The minimum absolute atomic E-state index is 0.0981. The van der Waals surface area contributed by atoms with E-state index in [1.807, 2.05) is 35.0 Å². The fourth-order valence-corrected chi connectivity index (χ4v) is 4.30. The smallest absolute Gasteiger partial charge is 0.294 e. The molecule has 0 unspecified atom stereocenters. The predicted molar refractivity (Wildman–Crippen MR) is 143 cm³/mol. The predicted octanol–water partition coefficient (Wildman–Crippen LogP) is 4.73. The molecule has 7 nitrogen and oxygen atoms in total.